The predicted molar refractivity (Wildman–Crippen MR) is 131 cm³/mol. The highest BCUT2D eigenvalue weighted by atomic mass is 16.3. The van der Waals surface area contributed by atoms with Crippen LogP contribution >= 0.6 is 0 Å². The van der Waals surface area contributed by atoms with Crippen LogP contribution in [0.3, 0.4) is 0 Å². The van der Waals surface area contributed by atoms with Crippen LogP contribution in [0, 0.1) is 56.7 Å². The number of aliphatic hydroxyl groups excluding tert-OH is 1. The van der Waals surface area contributed by atoms with Crippen molar-refractivity contribution in [3.8, 4) is 0 Å². The average Bonchev–Trinajstić information content (AvgIpc) is 3.06. The summed E-state index contributed by atoms with van der Waals surface area (Å²) in [7, 11) is 0. The van der Waals surface area contributed by atoms with Gasteiger partial charge in [0.05, 0.1) is 6.10 Å². The van der Waals surface area contributed by atoms with Crippen molar-refractivity contribution >= 4 is 0 Å². The van der Waals surface area contributed by atoms with E-state index in [2.05, 4.69) is 61.5 Å². The summed E-state index contributed by atoms with van der Waals surface area (Å²) in [6.45, 7) is 20.5. The van der Waals surface area contributed by atoms with Crippen LogP contribution in [0.2, 0.25) is 0 Å². The molecule has 0 heterocycles. The molecule has 1 nitrogen and oxygen atoms in total. The summed E-state index contributed by atoms with van der Waals surface area (Å²) in [5, 5.41) is 10.8. The summed E-state index contributed by atoms with van der Waals surface area (Å²) in [5.74, 6) is 4.12. The molecular weight excluding hydrogens is 376 g/mol. The number of rotatable bonds is 1. The van der Waals surface area contributed by atoms with Gasteiger partial charge in [0.2, 0.25) is 0 Å². The number of hydrogen-bond acceptors (Lipinski definition) is 1. The minimum Gasteiger partial charge on any atom is -0.392 e. The van der Waals surface area contributed by atoms with E-state index in [4.69, 9.17) is 0 Å². The lowest BCUT2D eigenvalue weighted by molar-refractivity contribution is -0.217. The summed E-state index contributed by atoms with van der Waals surface area (Å²) in [5.41, 5.74) is 3.48. The van der Waals surface area contributed by atoms with Crippen molar-refractivity contribution in [1.82, 2.24) is 0 Å². The lowest BCUT2D eigenvalue weighted by Gasteiger charge is -2.72. The molecule has 0 bridgehead atoms. The van der Waals surface area contributed by atoms with Gasteiger partial charge in [0, 0.05) is 5.41 Å². The van der Waals surface area contributed by atoms with Crippen molar-refractivity contribution < 1.29 is 5.11 Å². The quantitative estimate of drug-likeness (QED) is 0.421. The van der Waals surface area contributed by atoms with E-state index < -0.39 is 0 Å². The largest absolute Gasteiger partial charge is 0.392 e. The molecular formula is C30H50O. The fourth-order valence-corrected chi connectivity index (χ4v) is 11.0. The van der Waals surface area contributed by atoms with Gasteiger partial charge in [0.25, 0.3) is 0 Å². The van der Waals surface area contributed by atoms with E-state index in [0.717, 1.165) is 30.1 Å². The number of aliphatic hydroxyl groups is 1. The number of allylic oxidation sites excluding steroid dienone is 1. The molecule has 0 saturated heterocycles. The molecule has 1 N–H and O–H groups in total. The third kappa shape index (κ3) is 2.65. The van der Waals surface area contributed by atoms with Crippen LogP contribution in [0.25, 0.3) is 0 Å². The highest BCUT2D eigenvalue weighted by Crippen LogP contribution is 2.77. The maximum Gasteiger partial charge on any atom is 0.0628 e. The van der Waals surface area contributed by atoms with Gasteiger partial charge in [-0.25, -0.2) is 0 Å². The number of hydrogen-bond donors (Lipinski definition) is 1. The standard InChI is InChI=1S/C30H50O/c1-19(2)20-13-14-27(5)15-17-29(7)23-11-9-21-22(10-12-24(31)26(21,3)4)28(23,6)16-18-30(29,8)25(20)27/h9,19-20,22-25,31H,10-18H2,1-8H3/t20?,22?,23?,24-,25?,27?,28-,29?,30+/m0/s1. The Morgan fingerprint density at radius 3 is 2.19 bits per heavy atom. The smallest absolute Gasteiger partial charge is 0.0628 e. The third-order valence-electron chi connectivity index (χ3n) is 13.1. The summed E-state index contributed by atoms with van der Waals surface area (Å²) < 4.78 is 0. The third-order valence-corrected chi connectivity index (χ3v) is 13.1. The molecule has 5 aliphatic rings. The van der Waals surface area contributed by atoms with Gasteiger partial charge in [-0.2, -0.15) is 0 Å². The normalized spacial score (nSPS) is 55.7. The maximum absolute atomic E-state index is 10.8. The van der Waals surface area contributed by atoms with Crippen molar-refractivity contribution in [2.45, 2.75) is 119 Å². The fraction of sp³-hybridized carbons (Fsp3) is 0.933. The van der Waals surface area contributed by atoms with Gasteiger partial charge in [0.15, 0.2) is 0 Å². The van der Waals surface area contributed by atoms with Crippen LogP contribution in [0.1, 0.15) is 113 Å². The van der Waals surface area contributed by atoms with Gasteiger partial charge in [-0.1, -0.05) is 67.0 Å². The molecule has 176 valence electrons. The summed E-state index contributed by atoms with van der Waals surface area (Å²) >= 11 is 0. The predicted octanol–water partition coefficient (Wildman–Crippen LogP) is 8.02. The van der Waals surface area contributed by atoms with Gasteiger partial charge in [-0.3, -0.25) is 0 Å². The van der Waals surface area contributed by atoms with Crippen LogP contribution in [0.5, 0.6) is 0 Å². The van der Waals surface area contributed by atoms with Crippen molar-refractivity contribution in [2.24, 2.45) is 56.7 Å². The van der Waals surface area contributed by atoms with Crippen molar-refractivity contribution in [1.29, 1.82) is 0 Å². The molecule has 0 aromatic carbocycles. The zero-order chi connectivity index (χ0) is 22.6. The lowest BCUT2D eigenvalue weighted by Crippen LogP contribution is -2.65. The topological polar surface area (TPSA) is 20.2 Å². The molecule has 0 spiro atoms. The van der Waals surface area contributed by atoms with E-state index >= 15 is 0 Å². The molecule has 9 atom stereocenters. The summed E-state index contributed by atoms with van der Waals surface area (Å²) in [6.07, 6.45) is 14.5. The Hall–Kier alpha value is -0.300. The first-order valence-electron chi connectivity index (χ1n) is 13.7. The highest BCUT2D eigenvalue weighted by Gasteiger charge is 2.70. The first-order valence-corrected chi connectivity index (χ1v) is 13.7. The van der Waals surface area contributed by atoms with Crippen molar-refractivity contribution in [3.63, 3.8) is 0 Å². The Bertz CT molecular complexity index is 777. The van der Waals surface area contributed by atoms with Crippen LogP contribution in [-0.4, -0.2) is 11.2 Å². The van der Waals surface area contributed by atoms with Crippen LogP contribution in [0.4, 0.5) is 0 Å². The molecule has 0 radical (unpaired) electrons. The molecule has 5 rings (SSSR count). The van der Waals surface area contributed by atoms with Gasteiger partial charge >= 0.3 is 0 Å². The van der Waals surface area contributed by atoms with E-state index in [9.17, 15) is 5.11 Å². The van der Waals surface area contributed by atoms with E-state index in [-0.39, 0.29) is 11.5 Å². The Balaban J connectivity index is 1.58. The zero-order valence-electron chi connectivity index (χ0n) is 21.9. The molecule has 0 amide bonds. The first kappa shape index (κ1) is 22.5. The molecule has 0 aliphatic heterocycles. The highest BCUT2D eigenvalue weighted by molar-refractivity contribution is 5.30. The van der Waals surface area contributed by atoms with E-state index in [0.29, 0.717) is 27.6 Å². The van der Waals surface area contributed by atoms with E-state index in [1.807, 2.05) is 0 Å². The molecule has 5 aliphatic carbocycles. The first-order chi connectivity index (χ1) is 14.3. The number of fused-ring (bicyclic) bond motifs is 7. The average molecular weight is 427 g/mol. The molecule has 1 heteroatoms. The second-order valence-corrected chi connectivity index (χ2v) is 14.7. The second kappa shape index (κ2) is 6.64. The van der Waals surface area contributed by atoms with Crippen LogP contribution in [-0.2, 0) is 0 Å². The van der Waals surface area contributed by atoms with Crippen molar-refractivity contribution in [3.05, 3.63) is 11.6 Å². The second-order valence-electron chi connectivity index (χ2n) is 14.7. The molecule has 31 heavy (non-hydrogen) atoms. The molecule has 0 aromatic heterocycles. The molecule has 0 aromatic rings. The summed E-state index contributed by atoms with van der Waals surface area (Å²) in [6, 6.07) is 0. The van der Waals surface area contributed by atoms with E-state index in [1.165, 1.54) is 51.4 Å². The molecule has 4 fully saturated rings. The van der Waals surface area contributed by atoms with Gasteiger partial charge in [-0.15, -0.1) is 0 Å². The van der Waals surface area contributed by atoms with Crippen LogP contribution in [0.15, 0.2) is 11.6 Å². The Kier molecular flexibility index (Phi) is 4.82. The van der Waals surface area contributed by atoms with Crippen molar-refractivity contribution in [2.75, 3.05) is 0 Å². The maximum atomic E-state index is 10.8. The van der Waals surface area contributed by atoms with Gasteiger partial charge < -0.3 is 5.11 Å². The summed E-state index contributed by atoms with van der Waals surface area (Å²) in [4.78, 5) is 0. The van der Waals surface area contributed by atoms with Gasteiger partial charge in [0.1, 0.15) is 0 Å². The zero-order valence-corrected chi connectivity index (χ0v) is 21.9. The molecule has 6 unspecified atom stereocenters. The lowest BCUT2D eigenvalue weighted by atomic mass is 9.33. The minimum atomic E-state index is -0.166. The Morgan fingerprint density at radius 2 is 1.52 bits per heavy atom. The minimum absolute atomic E-state index is 0.0438. The fourth-order valence-electron chi connectivity index (χ4n) is 11.0. The Morgan fingerprint density at radius 1 is 0.839 bits per heavy atom. The SMILES string of the molecule is CC(C)C1CCC2(C)CCC3(C)C4CC=C5C(CC[C@H](O)C5(C)C)[C@]4(C)CC[C@]3(C)C12. The van der Waals surface area contributed by atoms with E-state index in [1.54, 1.807) is 5.57 Å². The van der Waals surface area contributed by atoms with Gasteiger partial charge in [-0.05, 0) is 109 Å². The Labute approximate surface area is 192 Å². The van der Waals surface area contributed by atoms with Crippen LogP contribution < -0.4 is 0 Å². The monoisotopic (exact) mass is 426 g/mol. The molecule has 4 saturated carbocycles.